The zero-order chi connectivity index (χ0) is 11.0. The molecule has 1 aliphatic carbocycles. The van der Waals surface area contributed by atoms with Gasteiger partial charge in [-0.1, -0.05) is 26.2 Å². The molecule has 0 spiro atoms. The Kier molecular flexibility index (Phi) is 6.22. The first kappa shape index (κ1) is 12.9. The summed E-state index contributed by atoms with van der Waals surface area (Å²) in [7, 11) is 0. The molecule has 0 aromatic carbocycles. The molecule has 1 saturated carbocycles. The van der Waals surface area contributed by atoms with E-state index in [1.807, 2.05) is 0 Å². The molecule has 1 rings (SSSR count). The molecular weight excluding hydrogens is 190 g/mol. The van der Waals surface area contributed by atoms with Gasteiger partial charge in [0.15, 0.2) is 0 Å². The molecule has 1 aliphatic rings. The standard InChI is InChI=1S/C12H25NO2/c1-2-3-9-15-10-8-13-11-12(14)6-4-5-7-12/h13-14H,2-11H2,1H3. The number of rotatable bonds is 8. The van der Waals surface area contributed by atoms with Crippen LogP contribution in [-0.4, -0.2) is 37.0 Å². The Morgan fingerprint density at radius 1 is 1.27 bits per heavy atom. The Morgan fingerprint density at radius 3 is 2.67 bits per heavy atom. The number of hydrogen-bond acceptors (Lipinski definition) is 3. The molecule has 0 atom stereocenters. The van der Waals surface area contributed by atoms with Gasteiger partial charge in [-0.25, -0.2) is 0 Å². The third kappa shape index (κ3) is 5.50. The fourth-order valence-electron chi connectivity index (χ4n) is 2.02. The van der Waals surface area contributed by atoms with Crippen molar-refractivity contribution in [3.63, 3.8) is 0 Å². The monoisotopic (exact) mass is 215 g/mol. The van der Waals surface area contributed by atoms with Crippen LogP contribution in [0.25, 0.3) is 0 Å². The van der Waals surface area contributed by atoms with Crippen molar-refractivity contribution in [3.8, 4) is 0 Å². The summed E-state index contributed by atoms with van der Waals surface area (Å²) in [6.07, 6.45) is 6.58. The van der Waals surface area contributed by atoms with E-state index in [0.29, 0.717) is 0 Å². The first-order chi connectivity index (χ1) is 7.27. The van der Waals surface area contributed by atoms with E-state index >= 15 is 0 Å². The number of ether oxygens (including phenoxy) is 1. The molecule has 0 saturated heterocycles. The topological polar surface area (TPSA) is 41.5 Å². The molecule has 0 bridgehead atoms. The maximum atomic E-state index is 10.0. The lowest BCUT2D eigenvalue weighted by molar-refractivity contribution is 0.0447. The van der Waals surface area contributed by atoms with Crippen LogP contribution in [0.15, 0.2) is 0 Å². The van der Waals surface area contributed by atoms with Crippen LogP contribution in [0.2, 0.25) is 0 Å². The second kappa shape index (κ2) is 7.20. The van der Waals surface area contributed by atoms with Gasteiger partial charge in [-0.15, -0.1) is 0 Å². The molecule has 0 unspecified atom stereocenters. The molecule has 0 amide bonds. The van der Waals surface area contributed by atoms with E-state index in [1.165, 1.54) is 19.3 Å². The number of aliphatic hydroxyl groups is 1. The van der Waals surface area contributed by atoms with Crippen molar-refractivity contribution in [3.05, 3.63) is 0 Å². The Hall–Kier alpha value is -0.120. The quantitative estimate of drug-likeness (QED) is 0.606. The zero-order valence-corrected chi connectivity index (χ0v) is 9.93. The van der Waals surface area contributed by atoms with E-state index in [0.717, 1.165) is 45.6 Å². The highest BCUT2D eigenvalue weighted by atomic mass is 16.5. The van der Waals surface area contributed by atoms with Crippen LogP contribution in [0.3, 0.4) is 0 Å². The molecule has 0 radical (unpaired) electrons. The minimum absolute atomic E-state index is 0.427. The van der Waals surface area contributed by atoms with Gasteiger partial charge in [0.25, 0.3) is 0 Å². The second-order valence-corrected chi connectivity index (χ2v) is 4.57. The highest BCUT2D eigenvalue weighted by Crippen LogP contribution is 2.28. The zero-order valence-electron chi connectivity index (χ0n) is 9.93. The number of unbranched alkanes of at least 4 members (excludes halogenated alkanes) is 1. The first-order valence-corrected chi connectivity index (χ1v) is 6.28. The van der Waals surface area contributed by atoms with Crippen molar-refractivity contribution < 1.29 is 9.84 Å². The highest BCUT2D eigenvalue weighted by molar-refractivity contribution is 4.85. The summed E-state index contributed by atoms with van der Waals surface area (Å²) in [5, 5.41) is 13.3. The van der Waals surface area contributed by atoms with Gasteiger partial charge in [-0.2, -0.15) is 0 Å². The van der Waals surface area contributed by atoms with Gasteiger partial charge in [-0.05, 0) is 19.3 Å². The molecule has 2 N–H and O–H groups in total. The van der Waals surface area contributed by atoms with Gasteiger partial charge in [0.05, 0.1) is 12.2 Å². The molecule has 0 aromatic rings. The van der Waals surface area contributed by atoms with Crippen molar-refractivity contribution in [1.29, 1.82) is 0 Å². The maximum Gasteiger partial charge on any atom is 0.0771 e. The van der Waals surface area contributed by atoms with Crippen molar-refractivity contribution in [2.45, 2.75) is 51.0 Å². The lowest BCUT2D eigenvalue weighted by atomic mass is 10.0. The van der Waals surface area contributed by atoms with E-state index in [-0.39, 0.29) is 0 Å². The average molecular weight is 215 g/mol. The van der Waals surface area contributed by atoms with Crippen LogP contribution in [0.5, 0.6) is 0 Å². The van der Waals surface area contributed by atoms with Gasteiger partial charge in [-0.3, -0.25) is 0 Å². The number of nitrogens with one attached hydrogen (secondary N) is 1. The summed E-state index contributed by atoms with van der Waals surface area (Å²) in [5.41, 5.74) is -0.427. The normalized spacial score (nSPS) is 19.6. The number of hydrogen-bond donors (Lipinski definition) is 2. The lowest BCUT2D eigenvalue weighted by Crippen LogP contribution is -2.39. The average Bonchev–Trinajstić information content (AvgIpc) is 2.64. The van der Waals surface area contributed by atoms with Crippen molar-refractivity contribution in [1.82, 2.24) is 5.32 Å². The van der Waals surface area contributed by atoms with Crippen LogP contribution in [0, 0.1) is 0 Å². The summed E-state index contributed by atoms with van der Waals surface area (Å²) < 4.78 is 5.43. The fourth-order valence-corrected chi connectivity index (χ4v) is 2.02. The second-order valence-electron chi connectivity index (χ2n) is 4.57. The molecule has 15 heavy (non-hydrogen) atoms. The molecular formula is C12H25NO2. The first-order valence-electron chi connectivity index (χ1n) is 6.28. The van der Waals surface area contributed by atoms with Gasteiger partial charge < -0.3 is 15.2 Å². The minimum Gasteiger partial charge on any atom is -0.389 e. The van der Waals surface area contributed by atoms with Crippen LogP contribution in [0.1, 0.15) is 45.4 Å². The smallest absolute Gasteiger partial charge is 0.0771 e. The Labute approximate surface area is 93.2 Å². The van der Waals surface area contributed by atoms with Gasteiger partial charge in [0.2, 0.25) is 0 Å². The SMILES string of the molecule is CCCCOCCNCC1(O)CCCC1. The maximum absolute atomic E-state index is 10.0. The summed E-state index contributed by atoms with van der Waals surface area (Å²) in [5.74, 6) is 0. The lowest BCUT2D eigenvalue weighted by Gasteiger charge is -2.22. The Balaban J connectivity index is 1.88. The van der Waals surface area contributed by atoms with E-state index in [9.17, 15) is 5.11 Å². The molecule has 0 heterocycles. The van der Waals surface area contributed by atoms with Gasteiger partial charge in [0, 0.05) is 19.7 Å². The molecule has 90 valence electrons. The highest BCUT2D eigenvalue weighted by Gasteiger charge is 2.30. The summed E-state index contributed by atoms with van der Waals surface area (Å²) in [6, 6.07) is 0. The molecule has 3 heteroatoms. The van der Waals surface area contributed by atoms with E-state index < -0.39 is 5.60 Å². The van der Waals surface area contributed by atoms with Crippen LogP contribution < -0.4 is 5.32 Å². The van der Waals surface area contributed by atoms with Crippen LogP contribution in [0.4, 0.5) is 0 Å². The van der Waals surface area contributed by atoms with Crippen LogP contribution >= 0.6 is 0 Å². The molecule has 3 nitrogen and oxygen atoms in total. The van der Waals surface area contributed by atoms with Crippen molar-refractivity contribution in [2.75, 3.05) is 26.3 Å². The van der Waals surface area contributed by atoms with E-state index in [1.54, 1.807) is 0 Å². The summed E-state index contributed by atoms with van der Waals surface area (Å²) in [6.45, 7) is 5.37. The Morgan fingerprint density at radius 2 is 2.00 bits per heavy atom. The third-order valence-corrected chi connectivity index (χ3v) is 3.05. The molecule has 0 aromatic heterocycles. The molecule has 1 fully saturated rings. The summed E-state index contributed by atoms with van der Waals surface area (Å²) >= 11 is 0. The Bertz CT molecular complexity index is 156. The largest absolute Gasteiger partial charge is 0.389 e. The predicted molar refractivity (Wildman–Crippen MR) is 62.0 cm³/mol. The molecule has 0 aliphatic heterocycles. The van der Waals surface area contributed by atoms with Crippen LogP contribution in [-0.2, 0) is 4.74 Å². The van der Waals surface area contributed by atoms with E-state index in [2.05, 4.69) is 12.2 Å². The van der Waals surface area contributed by atoms with Gasteiger partial charge >= 0.3 is 0 Å². The van der Waals surface area contributed by atoms with E-state index in [4.69, 9.17) is 4.74 Å². The van der Waals surface area contributed by atoms with Gasteiger partial charge in [0.1, 0.15) is 0 Å². The predicted octanol–water partition coefficient (Wildman–Crippen LogP) is 1.70. The minimum atomic E-state index is -0.427. The van der Waals surface area contributed by atoms with Crippen molar-refractivity contribution >= 4 is 0 Å². The third-order valence-electron chi connectivity index (χ3n) is 3.05. The summed E-state index contributed by atoms with van der Waals surface area (Å²) in [4.78, 5) is 0. The fraction of sp³-hybridized carbons (Fsp3) is 1.00. The van der Waals surface area contributed by atoms with Crippen molar-refractivity contribution in [2.24, 2.45) is 0 Å².